The highest BCUT2D eigenvalue weighted by Crippen LogP contribution is 2.40. The van der Waals surface area contributed by atoms with Crippen molar-refractivity contribution in [2.24, 2.45) is 11.8 Å². The highest BCUT2D eigenvalue weighted by molar-refractivity contribution is 5.96. The zero-order valence-corrected chi connectivity index (χ0v) is 29.2. The van der Waals surface area contributed by atoms with Crippen LogP contribution in [0.4, 0.5) is 0 Å². The van der Waals surface area contributed by atoms with Crippen molar-refractivity contribution >= 4 is 16.8 Å². The van der Waals surface area contributed by atoms with Crippen LogP contribution in [0.3, 0.4) is 0 Å². The third-order valence-electron chi connectivity index (χ3n) is 9.92. The standard InChI is InChI=1S/C47H48N2/c1-6-17-44(39-28-26-37(27-29-39)36-19-10-7-11-20-36)48-46(41-23-14-9-15-24-41)49-47(4,5)42-32-30-40(31-33-42)45-35(3)34(2)18-16-25-43(45)38-21-12-8-13-22-38/h6-17,19-35,46,48-49H,1,18H2,2-5H3/b44-17+. The van der Waals surface area contributed by atoms with Crippen molar-refractivity contribution in [1.29, 1.82) is 0 Å². The van der Waals surface area contributed by atoms with Crippen LogP contribution in [0.5, 0.6) is 0 Å². The van der Waals surface area contributed by atoms with Gasteiger partial charge in [-0.2, -0.15) is 0 Å². The molecule has 5 aromatic rings. The Bertz CT molecular complexity index is 1910. The maximum Gasteiger partial charge on any atom is 0.104 e. The maximum atomic E-state index is 4.04. The number of nitrogens with one attached hydrogen (secondary N) is 2. The molecule has 2 N–H and O–H groups in total. The predicted octanol–water partition coefficient (Wildman–Crippen LogP) is 11.8. The number of rotatable bonds is 11. The van der Waals surface area contributed by atoms with Gasteiger partial charge in [0.25, 0.3) is 0 Å². The molecule has 6 rings (SSSR count). The third-order valence-corrected chi connectivity index (χ3v) is 9.92. The molecule has 49 heavy (non-hydrogen) atoms. The topological polar surface area (TPSA) is 24.1 Å². The largest absolute Gasteiger partial charge is 0.365 e. The van der Waals surface area contributed by atoms with E-state index in [-0.39, 0.29) is 11.7 Å². The molecule has 2 nitrogen and oxygen atoms in total. The number of hydrogen-bond acceptors (Lipinski definition) is 2. The van der Waals surface area contributed by atoms with E-state index in [1.165, 1.54) is 39.0 Å². The van der Waals surface area contributed by atoms with E-state index in [0.29, 0.717) is 11.8 Å². The number of allylic oxidation sites excluding steroid dienone is 6. The minimum absolute atomic E-state index is 0.156. The molecule has 0 aliphatic heterocycles. The Hall–Kier alpha value is -5.18. The monoisotopic (exact) mass is 640 g/mol. The van der Waals surface area contributed by atoms with Crippen LogP contribution in [-0.4, -0.2) is 0 Å². The molecule has 0 fully saturated rings. The first-order chi connectivity index (χ1) is 23.8. The highest BCUT2D eigenvalue weighted by atomic mass is 15.2. The summed E-state index contributed by atoms with van der Waals surface area (Å²) in [6.45, 7) is 13.3. The van der Waals surface area contributed by atoms with Crippen molar-refractivity contribution in [2.75, 3.05) is 0 Å². The van der Waals surface area contributed by atoms with Crippen molar-refractivity contribution in [1.82, 2.24) is 10.6 Å². The summed E-state index contributed by atoms with van der Waals surface area (Å²) < 4.78 is 0. The lowest BCUT2D eigenvalue weighted by atomic mass is 9.80. The molecule has 0 radical (unpaired) electrons. The van der Waals surface area contributed by atoms with Gasteiger partial charge in [0.05, 0.1) is 0 Å². The van der Waals surface area contributed by atoms with Gasteiger partial charge in [-0.05, 0) is 88.3 Å². The summed E-state index contributed by atoms with van der Waals surface area (Å²) in [5.41, 5.74) is 11.9. The molecule has 3 atom stereocenters. The Kier molecular flexibility index (Phi) is 10.6. The lowest BCUT2D eigenvalue weighted by Crippen LogP contribution is -2.44. The summed E-state index contributed by atoms with van der Waals surface area (Å²) in [6, 6.07) is 49.9. The molecule has 0 saturated heterocycles. The summed E-state index contributed by atoms with van der Waals surface area (Å²) in [4.78, 5) is 0. The molecule has 5 aromatic carbocycles. The molecule has 0 saturated carbocycles. The second-order valence-corrected chi connectivity index (χ2v) is 13.7. The molecule has 0 aromatic heterocycles. The molecule has 0 bridgehead atoms. The van der Waals surface area contributed by atoms with Crippen molar-refractivity contribution in [3.8, 4) is 11.1 Å². The SMILES string of the molecule is C=C/C=C(/NC(NC(C)(C)c1ccc(C2=C(c3ccccc3)C=CCC(C)C2C)cc1)c1ccccc1)c1ccc(-c2ccccc2)cc1. The summed E-state index contributed by atoms with van der Waals surface area (Å²) >= 11 is 0. The van der Waals surface area contributed by atoms with Gasteiger partial charge >= 0.3 is 0 Å². The molecule has 0 heterocycles. The zero-order valence-electron chi connectivity index (χ0n) is 29.2. The van der Waals surface area contributed by atoms with E-state index in [1.807, 2.05) is 6.08 Å². The maximum absolute atomic E-state index is 4.04. The van der Waals surface area contributed by atoms with E-state index in [0.717, 1.165) is 23.2 Å². The van der Waals surface area contributed by atoms with Crippen LogP contribution in [0, 0.1) is 11.8 Å². The first-order valence-electron chi connectivity index (χ1n) is 17.5. The van der Waals surface area contributed by atoms with E-state index < -0.39 is 0 Å². The predicted molar refractivity (Wildman–Crippen MR) is 210 cm³/mol. The number of hydrogen-bond donors (Lipinski definition) is 2. The van der Waals surface area contributed by atoms with Crippen LogP contribution in [0.1, 0.15) is 68.1 Å². The van der Waals surface area contributed by atoms with E-state index in [1.54, 1.807) is 0 Å². The van der Waals surface area contributed by atoms with Crippen LogP contribution in [0.2, 0.25) is 0 Å². The molecule has 0 spiro atoms. The van der Waals surface area contributed by atoms with Gasteiger partial charge in [0.1, 0.15) is 6.17 Å². The lowest BCUT2D eigenvalue weighted by Gasteiger charge is -2.34. The zero-order chi connectivity index (χ0) is 34.2. The van der Waals surface area contributed by atoms with Gasteiger partial charge in [-0.3, -0.25) is 5.32 Å². The second kappa shape index (κ2) is 15.4. The van der Waals surface area contributed by atoms with Crippen molar-refractivity contribution in [3.63, 3.8) is 0 Å². The van der Waals surface area contributed by atoms with Crippen molar-refractivity contribution < 1.29 is 0 Å². The Morgan fingerprint density at radius 3 is 1.86 bits per heavy atom. The fourth-order valence-corrected chi connectivity index (χ4v) is 6.84. The number of benzene rings is 5. The fourth-order valence-electron chi connectivity index (χ4n) is 6.84. The summed E-state index contributed by atoms with van der Waals surface area (Å²) in [5.74, 6) is 1.00. The van der Waals surface area contributed by atoms with Crippen LogP contribution in [0.25, 0.3) is 28.0 Å². The summed E-state index contributed by atoms with van der Waals surface area (Å²) in [5, 5.41) is 7.81. The quantitative estimate of drug-likeness (QED) is 0.111. The molecule has 1 aliphatic rings. The van der Waals surface area contributed by atoms with Crippen molar-refractivity contribution in [2.45, 2.75) is 45.8 Å². The van der Waals surface area contributed by atoms with E-state index in [2.05, 4.69) is 203 Å². The van der Waals surface area contributed by atoms with Gasteiger partial charge in [0.15, 0.2) is 0 Å². The molecular weight excluding hydrogens is 593 g/mol. The van der Waals surface area contributed by atoms with E-state index in [4.69, 9.17) is 0 Å². The van der Waals surface area contributed by atoms with E-state index >= 15 is 0 Å². The average Bonchev–Trinajstić information content (AvgIpc) is 3.29. The Balaban J connectivity index is 1.29. The van der Waals surface area contributed by atoms with Gasteiger partial charge < -0.3 is 5.32 Å². The molecule has 246 valence electrons. The first-order valence-corrected chi connectivity index (χ1v) is 17.5. The highest BCUT2D eigenvalue weighted by Gasteiger charge is 2.28. The summed E-state index contributed by atoms with van der Waals surface area (Å²) in [7, 11) is 0. The van der Waals surface area contributed by atoms with E-state index in [9.17, 15) is 0 Å². The Labute approximate surface area is 293 Å². The minimum atomic E-state index is -0.346. The first kappa shape index (κ1) is 33.7. The van der Waals surface area contributed by atoms with Crippen LogP contribution in [0.15, 0.2) is 170 Å². The van der Waals surface area contributed by atoms with Crippen molar-refractivity contribution in [3.05, 3.63) is 198 Å². The molecule has 2 heteroatoms. The third kappa shape index (κ3) is 7.94. The van der Waals surface area contributed by atoms with Crippen LogP contribution in [-0.2, 0) is 5.54 Å². The lowest BCUT2D eigenvalue weighted by molar-refractivity contribution is 0.328. The Morgan fingerprint density at radius 2 is 1.24 bits per heavy atom. The van der Waals surface area contributed by atoms with Gasteiger partial charge in [-0.25, -0.2) is 0 Å². The molecule has 0 amide bonds. The average molecular weight is 641 g/mol. The Morgan fingerprint density at radius 1 is 0.694 bits per heavy atom. The fraction of sp³-hybridized carbons (Fsp3) is 0.191. The molecular formula is C47H48N2. The molecule has 1 aliphatic carbocycles. The summed E-state index contributed by atoms with van der Waals surface area (Å²) in [6.07, 6.45) is 9.52. The van der Waals surface area contributed by atoms with Gasteiger partial charge in [-0.15, -0.1) is 0 Å². The van der Waals surface area contributed by atoms with Gasteiger partial charge in [-0.1, -0.05) is 178 Å². The normalized spacial score (nSPS) is 17.3. The van der Waals surface area contributed by atoms with Gasteiger partial charge in [0.2, 0.25) is 0 Å². The van der Waals surface area contributed by atoms with Gasteiger partial charge in [0, 0.05) is 11.2 Å². The van der Waals surface area contributed by atoms with Crippen LogP contribution >= 0.6 is 0 Å². The second-order valence-electron chi connectivity index (χ2n) is 13.7. The smallest absolute Gasteiger partial charge is 0.104 e. The minimum Gasteiger partial charge on any atom is -0.365 e. The molecule has 3 unspecified atom stereocenters. The van der Waals surface area contributed by atoms with Crippen LogP contribution < -0.4 is 10.6 Å².